The number of likely N-dealkylation sites (N-methyl/N-ethyl adjacent to an activating group) is 1. The van der Waals surface area contributed by atoms with Crippen LogP contribution in [0.15, 0.2) is 12.1 Å². The second-order valence-corrected chi connectivity index (χ2v) is 5.56. The van der Waals surface area contributed by atoms with Crippen molar-refractivity contribution in [3.63, 3.8) is 0 Å². The van der Waals surface area contributed by atoms with E-state index in [9.17, 15) is 0 Å². The molecule has 5 heteroatoms. The molecule has 2 heterocycles. The maximum Gasteiger partial charge on any atom is 0.110 e. The molecule has 0 saturated carbocycles. The lowest BCUT2D eigenvalue weighted by atomic mass is 10.2. The van der Waals surface area contributed by atoms with E-state index in [1.165, 1.54) is 4.88 Å². The van der Waals surface area contributed by atoms with E-state index in [1.54, 1.807) is 11.3 Å². The topological polar surface area (TPSA) is 48.3 Å². The normalized spacial score (nSPS) is 20.8. The molecule has 2 rings (SSSR count). The molecule has 0 amide bonds. The van der Waals surface area contributed by atoms with Gasteiger partial charge in [0.2, 0.25) is 0 Å². The third-order valence-corrected chi connectivity index (χ3v) is 4.10. The van der Waals surface area contributed by atoms with Crippen molar-refractivity contribution >= 4 is 11.3 Å². The van der Waals surface area contributed by atoms with Crippen LogP contribution in [0.5, 0.6) is 0 Å². The number of morpholine rings is 1. The van der Waals surface area contributed by atoms with Gasteiger partial charge < -0.3 is 10.1 Å². The van der Waals surface area contributed by atoms with Gasteiger partial charge in [0, 0.05) is 31.1 Å². The van der Waals surface area contributed by atoms with Gasteiger partial charge in [-0.05, 0) is 18.7 Å². The fourth-order valence-electron chi connectivity index (χ4n) is 2.08. The van der Waals surface area contributed by atoms with E-state index in [-0.39, 0.29) is 6.10 Å². The molecule has 1 aliphatic rings. The maximum absolute atomic E-state index is 8.75. The SMILES string of the molecule is CCN1CCOC(CNCc2ccc(C#N)s2)C1. The van der Waals surface area contributed by atoms with E-state index in [1.807, 2.05) is 12.1 Å². The fourth-order valence-corrected chi connectivity index (χ4v) is 2.86. The molecule has 98 valence electrons. The smallest absolute Gasteiger partial charge is 0.110 e. The number of nitrogens with zero attached hydrogens (tertiary/aromatic N) is 2. The van der Waals surface area contributed by atoms with Gasteiger partial charge >= 0.3 is 0 Å². The second-order valence-electron chi connectivity index (χ2n) is 4.39. The lowest BCUT2D eigenvalue weighted by Crippen LogP contribution is -2.46. The quantitative estimate of drug-likeness (QED) is 0.875. The van der Waals surface area contributed by atoms with E-state index < -0.39 is 0 Å². The summed E-state index contributed by atoms with van der Waals surface area (Å²) in [6.45, 7) is 7.86. The molecule has 1 saturated heterocycles. The van der Waals surface area contributed by atoms with Crippen LogP contribution in [0.1, 0.15) is 16.7 Å². The van der Waals surface area contributed by atoms with Crippen molar-refractivity contribution in [1.29, 1.82) is 5.26 Å². The molecule has 1 fully saturated rings. The zero-order valence-electron chi connectivity index (χ0n) is 10.7. The number of nitrogens with one attached hydrogen (secondary N) is 1. The number of hydrogen-bond acceptors (Lipinski definition) is 5. The predicted octanol–water partition coefficient (Wildman–Crippen LogP) is 1.43. The van der Waals surface area contributed by atoms with Crippen LogP contribution in [0, 0.1) is 11.3 Å². The lowest BCUT2D eigenvalue weighted by molar-refractivity contribution is -0.0253. The van der Waals surface area contributed by atoms with Gasteiger partial charge in [0.05, 0.1) is 12.7 Å². The summed E-state index contributed by atoms with van der Waals surface area (Å²) in [5.41, 5.74) is 0. The summed E-state index contributed by atoms with van der Waals surface area (Å²) in [4.78, 5) is 4.39. The first-order valence-electron chi connectivity index (χ1n) is 6.35. The van der Waals surface area contributed by atoms with Gasteiger partial charge in [0.25, 0.3) is 0 Å². The van der Waals surface area contributed by atoms with Gasteiger partial charge in [-0.3, -0.25) is 4.90 Å². The summed E-state index contributed by atoms with van der Waals surface area (Å²) in [7, 11) is 0. The number of hydrogen-bond donors (Lipinski definition) is 1. The Balaban J connectivity index is 1.70. The lowest BCUT2D eigenvalue weighted by Gasteiger charge is -2.32. The second kappa shape index (κ2) is 6.86. The molecule has 0 bridgehead atoms. The first kappa shape index (κ1) is 13.5. The fraction of sp³-hybridized carbons (Fsp3) is 0.615. The predicted molar refractivity (Wildman–Crippen MR) is 72.6 cm³/mol. The van der Waals surface area contributed by atoms with Crippen LogP contribution < -0.4 is 5.32 Å². The van der Waals surface area contributed by atoms with Gasteiger partial charge in [-0.25, -0.2) is 0 Å². The Morgan fingerprint density at radius 1 is 1.61 bits per heavy atom. The van der Waals surface area contributed by atoms with Crippen LogP contribution in [0.4, 0.5) is 0 Å². The summed E-state index contributed by atoms with van der Waals surface area (Å²) in [6, 6.07) is 6.04. The van der Waals surface area contributed by atoms with E-state index in [0.717, 1.165) is 44.2 Å². The van der Waals surface area contributed by atoms with Crippen molar-refractivity contribution in [2.24, 2.45) is 0 Å². The molecule has 1 aliphatic heterocycles. The zero-order valence-corrected chi connectivity index (χ0v) is 11.5. The molecule has 1 aromatic heterocycles. The first-order chi connectivity index (χ1) is 8.81. The summed E-state index contributed by atoms with van der Waals surface area (Å²) in [6.07, 6.45) is 0.286. The minimum atomic E-state index is 0.286. The standard InChI is InChI=1S/C13H19N3OS/c1-2-16-5-6-17-11(10-16)8-15-9-13-4-3-12(7-14)18-13/h3-4,11,15H,2,5-6,8-10H2,1H3. The van der Waals surface area contributed by atoms with Gasteiger partial charge in [-0.2, -0.15) is 5.26 Å². The number of ether oxygens (including phenoxy) is 1. The molecule has 1 aromatic rings. The van der Waals surface area contributed by atoms with Crippen LogP contribution in [0.3, 0.4) is 0 Å². The van der Waals surface area contributed by atoms with Crippen molar-refractivity contribution in [3.05, 3.63) is 21.9 Å². The molecule has 0 aromatic carbocycles. The number of thiophene rings is 1. The highest BCUT2D eigenvalue weighted by Crippen LogP contribution is 2.14. The Kier molecular flexibility index (Phi) is 5.14. The Hall–Kier alpha value is -0.930. The van der Waals surface area contributed by atoms with Crippen molar-refractivity contribution in [2.45, 2.75) is 19.6 Å². The average molecular weight is 265 g/mol. The maximum atomic E-state index is 8.75. The van der Waals surface area contributed by atoms with E-state index >= 15 is 0 Å². The van der Waals surface area contributed by atoms with Gasteiger partial charge in [-0.15, -0.1) is 11.3 Å². The first-order valence-corrected chi connectivity index (χ1v) is 7.17. The molecular weight excluding hydrogens is 246 g/mol. The molecule has 1 N–H and O–H groups in total. The Morgan fingerprint density at radius 3 is 3.22 bits per heavy atom. The van der Waals surface area contributed by atoms with Crippen molar-refractivity contribution in [3.8, 4) is 6.07 Å². The molecule has 1 atom stereocenters. The molecular formula is C13H19N3OS. The minimum absolute atomic E-state index is 0.286. The molecule has 0 radical (unpaired) electrons. The summed E-state index contributed by atoms with van der Waals surface area (Å²) in [5.74, 6) is 0. The van der Waals surface area contributed by atoms with Crippen LogP contribution in [0.2, 0.25) is 0 Å². The van der Waals surface area contributed by atoms with Crippen LogP contribution in [-0.2, 0) is 11.3 Å². The third-order valence-electron chi connectivity index (χ3n) is 3.11. The molecule has 0 aliphatic carbocycles. The highest BCUT2D eigenvalue weighted by Gasteiger charge is 2.18. The van der Waals surface area contributed by atoms with Gasteiger partial charge in [0.15, 0.2) is 0 Å². The van der Waals surface area contributed by atoms with Crippen molar-refractivity contribution < 1.29 is 4.74 Å². The van der Waals surface area contributed by atoms with Crippen molar-refractivity contribution in [2.75, 3.05) is 32.8 Å². The van der Waals surface area contributed by atoms with Crippen molar-refractivity contribution in [1.82, 2.24) is 10.2 Å². The summed E-state index contributed by atoms with van der Waals surface area (Å²) in [5, 5.41) is 12.2. The molecule has 1 unspecified atom stereocenters. The summed E-state index contributed by atoms with van der Waals surface area (Å²) < 4.78 is 5.72. The molecule has 0 spiro atoms. The highest BCUT2D eigenvalue weighted by molar-refractivity contribution is 7.12. The van der Waals surface area contributed by atoms with Crippen LogP contribution >= 0.6 is 11.3 Å². The van der Waals surface area contributed by atoms with Gasteiger partial charge in [0.1, 0.15) is 10.9 Å². The third kappa shape index (κ3) is 3.79. The largest absolute Gasteiger partial charge is 0.374 e. The van der Waals surface area contributed by atoms with Crippen LogP contribution in [-0.4, -0.2) is 43.8 Å². The average Bonchev–Trinajstić information content (AvgIpc) is 2.87. The Labute approximate surface area is 112 Å². The zero-order chi connectivity index (χ0) is 12.8. The minimum Gasteiger partial charge on any atom is -0.374 e. The monoisotopic (exact) mass is 265 g/mol. The Morgan fingerprint density at radius 2 is 2.50 bits per heavy atom. The van der Waals surface area contributed by atoms with Crippen LogP contribution in [0.25, 0.3) is 0 Å². The van der Waals surface area contributed by atoms with E-state index in [0.29, 0.717) is 0 Å². The van der Waals surface area contributed by atoms with Gasteiger partial charge in [-0.1, -0.05) is 6.92 Å². The number of nitriles is 1. The number of rotatable bonds is 5. The summed E-state index contributed by atoms with van der Waals surface area (Å²) >= 11 is 1.55. The highest BCUT2D eigenvalue weighted by atomic mass is 32.1. The van der Waals surface area contributed by atoms with E-state index in [4.69, 9.17) is 10.00 Å². The molecule has 4 nitrogen and oxygen atoms in total. The Bertz CT molecular complexity index is 413. The molecule has 18 heavy (non-hydrogen) atoms. The van der Waals surface area contributed by atoms with E-state index in [2.05, 4.69) is 23.2 Å².